The van der Waals surface area contributed by atoms with E-state index in [2.05, 4.69) is 27.2 Å². The Labute approximate surface area is 147 Å². The summed E-state index contributed by atoms with van der Waals surface area (Å²) in [6.45, 7) is 5.70. The van der Waals surface area contributed by atoms with E-state index in [9.17, 15) is 4.79 Å². The predicted molar refractivity (Wildman–Crippen MR) is 96.3 cm³/mol. The summed E-state index contributed by atoms with van der Waals surface area (Å²) in [5.41, 5.74) is 1.17. The molecule has 25 heavy (non-hydrogen) atoms. The number of nitrogens with zero attached hydrogens (tertiary/aromatic N) is 4. The van der Waals surface area contributed by atoms with Crippen molar-refractivity contribution in [2.75, 3.05) is 45.2 Å². The molecule has 0 unspecified atom stereocenters. The van der Waals surface area contributed by atoms with E-state index in [1.54, 1.807) is 12.3 Å². The first-order valence-electron chi connectivity index (χ1n) is 8.47. The van der Waals surface area contributed by atoms with Crippen LogP contribution in [0.1, 0.15) is 17.4 Å². The lowest BCUT2D eigenvalue weighted by Gasteiger charge is -2.32. The molecular weight excluding hydrogens is 318 g/mol. The van der Waals surface area contributed by atoms with Crippen LogP contribution in [-0.2, 0) is 0 Å². The molecule has 1 aromatic carbocycles. The molecule has 1 aromatic heterocycles. The normalized spacial score (nSPS) is 15.0. The third-order valence-electron chi connectivity index (χ3n) is 4.10. The highest BCUT2D eigenvalue weighted by Gasteiger charge is 2.21. The number of hydrogen-bond donors (Lipinski definition) is 1. The van der Waals surface area contributed by atoms with Gasteiger partial charge in [-0.1, -0.05) is 12.1 Å². The monoisotopic (exact) mass is 341 g/mol. The maximum atomic E-state index is 12.6. The number of anilines is 2. The molecule has 0 aliphatic carbocycles. The standard InChI is InChI=1S/C18H23N5O2/c1-3-25-16-7-5-4-6-14(16)20-18-19-9-8-15(21-18)17(24)23-12-10-22(2)11-13-23/h4-9H,3,10-13H2,1-2H3,(H,19,20,21). The van der Waals surface area contributed by atoms with Gasteiger partial charge in [-0.3, -0.25) is 4.79 Å². The van der Waals surface area contributed by atoms with Gasteiger partial charge in [-0.05, 0) is 32.2 Å². The van der Waals surface area contributed by atoms with Crippen LogP contribution in [-0.4, -0.2) is 65.5 Å². The molecule has 1 fully saturated rings. The predicted octanol–water partition coefficient (Wildman–Crippen LogP) is 2.01. The molecular formula is C18H23N5O2. The number of rotatable bonds is 5. The number of likely N-dealkylation sites (N-methyl/N-ethyl adjacent to an activating group) is 1. The fourth-order valence-corrected chi connectivity index (χ4v) is 2.68. The summed E-state index contributed by atoms with van der Waals surface area (Å²) in [6, 6.07) is 9.24. The molecule has 1 N–H and O–H groups in total. The highest BCUT2D eigenvalue weighted by molar-refractivity contribution is 5.92. The van der Waals surface area contributed by atoms with Crippen LogP contribution in [0.25, 0.3) is 0 Å². The van der Waals surface area contributed by atoms with Crippen LogP contribution in [0.5, 0.6) is 5.75 Å². The summed E-state index contributed by atoms with van der Waals surface area (Å²) in [5.74, 6) is 1.05. The van der Waals surface area contributed by atoms with Crippen LogP contribution in [0.2, 0.25) is 0 Å². The second-order valence-corrected chi connectivity index (χ2v) is 5.92. The van der Waals surface area contributed by atoms with Gasteiger partial charge in [-0.15, -0.1) is 0 Å². The first-order valence-corrected chi connectivity index (χ1v) is 8.47. The molecule has 132 valence electrons. The van der Waals surface area contributed by atoms with Gasteiger partial charge in [0.1, 0.15) is 11.4 Å². The van der Waals surface area contributed by atoms with Gasteiger partial charge in [0, 0.05) is 32.4 Å². The zero-order valence-electron chi connectivity index (χ0n) is 14.6. The highest BCUT2D eigenvalue weighted by Crippen LogP contribution is 2.26. The molecule has 0 saturated carbocycles. The van der Waals surface area contributed by atoms with Crippen molar-refractivity contribution in [2.24, 2.45) is 0 Å². The van der Waals surface area contributed by atoms with E-state index in [0.29, 0.717) is 18.2 Å². The van der Waals surface area contributed by atoms with Crippen LogP contribution in [0.15, 0.2) is 36.5 Å². The summed E-state index contributed by atoms with van der Waals surface area (Å²) in [5, 5.41) is 3.14. The lowest BCUT2D eigenvalue weighted by Crippen LogP contribution is -2.47. The van der Waals surface area contributed by atoms with Crippen LogP contribution >= 0.6 is 0 Å². The largest absolute Gasteiger partial charge is 0.492 e. The number of nitrogens with one attached hydrogen (secondary N) is 1. The highest BCUT2D eigenvalue weighted by atomic mass is 16.5. The van der Waals surface area contributed by atoms with Gasteiger partial charge in [-0.2, -0.15) is 0 Å². The van der Waals surface area contributed by atoms with Gasteiger partial charge in [0.25, 0.3) is 5.91 Å². The van der Waals surface area contributed by atoms with E-state index < -0.39 is 0 Å². The van der Waals surface area contributed by atoms with Crippen molar-refractivity contribution in [1.82, 2.24) is 19.8 Å². The lowest BCUT2D eigenvalue weighted by atomic mass is 10.3. The number of piperazine rings is 1. The molecule has 7 nitrogen and oxygen atoms in total. The topological polar surface area (TPSA) is 70.6 Å². The molecule has 1 saturated heterocycles. The minimum Gasteiger partial charge on any atom is -0.492 e. The third-order valence-corrected chi connectivity index (χ3v) is 4.10. The number of hydrogen-bond acceptors (Lipinski definition) is 6. The average molecular weight is 341 g/mol. The van der Waals surface area contributed by atoms with Gasteiger partial charge in [0.05, 0.1) is 12.3 Å². The molecule has 1 aliphatic rings. The van der Waals surface area contributed by atoms with E-state index in [-0.39, 0.29) is 5.91 Å². The second-order valence-electron chi connectivity index (χ2n) is 5.92. The molecule has 1 aliphatic heterocycles. The molecule has 0 atom stereocenters. The van der Waals surface area contributed by atoms with E-state index in [1.807, 2.05) is 36.1 Å². The number of para-hydroxylation sites is 2. The number of aromatic nitrogens is 2. The van der Waals surface area contributed by atoms with Crippen LogP contribution in [0.3, 0.4) is 0 Å². The Bertz CT molecular complexity index is 729. The molecule has 3 rings (SSSR count). The van der Waals surface area contributed by atoms with Crippen LogP contribution < -0.4 is 10.1 Å². The first kappa shape index (κ1) is 17.2. The summed E-state index contributed by atoms with van der Waals surface area (Å²) in [7, 11) is 2.06. The summed E-state index contributed by atoms with van der Waals surface area (Å²) < 4.78 is 5.59. The minimum atomic E-state index is -0.0587. The maximum absolute atomic E-state index is 12.6. The zero-order chi connectivity index (χ0) is 17.6. The summed E-state index contributed by atoms with van der Waals surface area (Å²) >= 11 is 0. The van der Waals surface area contributed by atoms with Crippen molar-refractivity contribution in [3.63, 3.8) is 0 Å². The molecule has 2 heterocycles. The van der Waals surface area contributed by atoms with E-state index in [1.165, 1.54) is 0 Å². The number of amides is 1. The Balaban J connectivity index is 1.74. The fraction of sp³-hybridized carbons (Fsp3) is 0.389. The van der Waals surface area contributed by atoms with Gasteiger partial charge in [0.15, 0.2) is 0 Å². The fourth-order valence-electron chi connectivity index (χ4n) is 2.68. The first-order chi connectivity index (χ1) is 12.2. The number of ether oxygens (including phenoxy) is 1. The Morgan fingerprint density at radius 2 is 1.96 bits per heavy atom. The van der Waals surface area contributed by atoms with Gasteiger partial charge < -0.3 is 19.9 Å². The van der Waals surface area contributed by atoms with Crippen LogP contribution in [0.4, 0.5) is 11.6 Å². The van der Waals surface area contributed by atoms with Crippen molar-refractivity contribution < 1.29 is 9.53 Å². The average Bonchev–Trinajstić information content (AvgIpc) is 2.64. The Morgan fingerprint density at radius 1 is 1.20 bits per heavy atom. The van der Waals surface area contributed by atoms with Crippen LogP contribution in [0, 0.1) is 0 Å². The zero-order valence-corrected chi connectivity index (χ0v) is 14.6. The summed E-state index contributed by atoms with van der Waals surface area (Å²) in [4.78, 5) is 25.3. The van der Waals surface area contributed by atoms with Gasteiger partial charge in [0.2, 0.25) is 5.95 Å². The van der Waals surface area contributed by atoms with Gasteiger partial charge in [-0.25, -0.2) is 9.97 Å². The molecule has 0 spiro atoms. The van der Waals surface area contributed by atoms with Gasteiger partial charge >= 0.3 is 0 Å². The number of carbonyl (C=O) groups is 1. The molecule has 7 heteroatoms. The maximum Gasteiger partial charge on any atom is 0.272 e. The molecule has 2 aromatic rings. The molecule has 0 radical (unpaired) electrons. The molecule has 0 bridgehead atoms. The van der Waals surface area contributed by atoms with Crippen molar-refractivity contribution in [3.8, 4) is 5.75 Å². The number of carbonyl (C=O) groups excluding carboxylic acids is 1. The Morgan fingerprint density at radius 3 is 2.72 bits per heavy atom. The Hall–Kier alpha value is -2.67. The second kappa shape index (κ2) is 7.94. The van der Waals surface area contributed by atoms with Crippen molar-refractivity contribution in [3.05, 3.63) is 42.2 Å². The van der Waals surface area contributed by atoms with Crippen molar-refractivity contribution in [1.29, 1.82) is 0 Å². The summed E-state index contributed by atoms with van der Waals surface area (Å²) in [6.07, 6.45) is 1.60. The molecule has 1 amide bonds. The third kappa shape index (κ3) is 4.24. The quantitative estimate of drug-likeness (QED) is 0.897. The smallest absolute Gasteiger partial charge is 0.272 e. The van der Waals surface area contributed by atoms with E-state index in [0.717, 1.165) is 37.6 Å². The Kier molecular flexibility index (Phi) is 5.45. The lowest BCUT2D eigenvalue weighted by molar-refractivity contribution is 0.0658. The minimum absolute atomic E-state index is 0.0587. The van der Waals surface area contributed by atoms with E-state index >= 15 is 0 Å². The van der Waals surface area contributed by atoms with Crippen molar-refractivity contribution in [2.45, 2.75) is 6.92 Å². The number of benzene rings is 1. The van der Waals surface area contributed by atoms with E-state index in [4.69, 9.17) is 4.74 Å². The van der Waals surface area contributed by atoms with Crippen molar-refractivity contribution >= 4 is 17.5 Å². The SMILES string of the molecule is CCOc1ccccc1Nc1nccc(C(=O)N2CCN(C)CC2)n1.